The number of esters is 1. The maximum absolute atomic E-state index is 11.7. The summed E-state index contributed by atoms with van der Waals surface area (Å²) in [7, 11) is 0. The predicted molar refractivity (Wildman–Crippen MR) is 86.9 cm³/mol. The summed E-state index contributed by atoms with van der Waals surface area (Å²) in [6.45, 7) is 7.93. The highest BCUT2D eigenvalue weighted by atomic mass is 16.5. The summed E-state index contributed by atoms with van der Waals surface area (Å²) in [6, 6.07) is 8.61. The highest BCUT2D eigenvalue weighted by molar-refractivity contribution is 5.72. The van der Waals surface area contributed by atoms with Crippen molar-refractivity contribution in [3.05, 3.63) is 42.5 Å². The van der Waals surface area contributed by atoms with Gasteiger partial charge < -0.3 is 9.64 Å². The van der Waals surface area contributed by atoms with Crippen molar-refractivity contribution < 1.29 is 19.1 Å². The van der Waals surface area contributed by atoms with Gasteiger partial charge in [-0.25, -0.2) is 0 Å². The number of ether oxygens (including phenoxy) is 1. The van der Waals surface area contributed by atoms with Crippen LogP contribution in [0.15, 0.2) is 36.9 Å². The second-order valence-electron chi connectivity index (χ2n) is 5.26. The van der Waals surface area contributed by atoms with Gasteiger partial charge in [0.25, 0.3) is 0 Å². The van der Waals surface area contributed by atoms with Gasteiger partial charge >= 0.3 is 12.1 Å². The quantitative estimate of drug-likeness (QED) is 0.617. The van der Waals surface area contributed by atoms with E-state index in [0.717, 1.165) is 32.4 Å². The molecular weight excluding hydrogens is 294 g/mol. The Morgan fingerprint density at radius 3 is 2.35 bits per heavy atom. The Labute approximate surface area is 136 Å². The zero-order valence-corrected chi connectivity index (χ0v) is 13.5. The highest BCUT2D eigenvalue weighted by Crippen LogP contribution is 2.24. The molecule has 1 aliphatic rings. The van der Waals surface area contributed by atoms with Crippen LogP contribution in [0.25, 0.3) is 0 Å². The van der Waals surface area contributed by atoms with E-state index in [1.54, 1.807) is 0 Å². The molecule has 0 N–H and O–H groups in total. The molecule has 1 aromatic rings. The van der Waals surface area contributed by atoms with Crippen LogP contribution in [0.4, 0.5) is 5.69 Å². The van der Waals surface area contributed by atoms with E-state index in [0.29, 0.717) is 6.61 Å². The van der Waals surface area contributed by atoms with Crippen LogP contribution >= 0.6 is 0 Å². The zero-order valence-electron chi connectivity index (χ0n) is 13.5. The number of hydrogen-bond acceptors (Lipinski definition) is 5. The molecule has 0 amide bonds. The Morgan fingerprint density at radius 2 is 1.87 bits per heavy atom. The SMILES string of the molecule is C=CCc1ccc(N2CCC(C(=O)OCC)CC2)cc1.O=C=O. The van der Waals surface area contributed by atoms with E-state index in [2.05, 4.69) is 35.7 Å². The van der Waals surface area contributed by atoms with E-state index >= 15 is 0 Å². The predicted octanol–water partition coefficient (Wildman–Crippen LogP) is 2.61. The maximum atomic E-state index is 11.7. The normalized spacial score (nSPS) is 14.2. The van der Waals surface area contributed by atoms with E-state index in [9.17, 15) is 4.79 Å². The number of piperidine rings is 1. The molecular formula is C18H23NO4. The van der Waals surface area contributed by atoms with Gasteiger partial charge in [-0.05, 0) is 43.9 Å². The van der Waals surface area contributed by atoms with E-state index < -0.39 is 0 Å². The summed E-state index contributed by atoms with van der Waals surface area (Å²) in [4.78, 5) is 30.3. The van der Waals surface area contributed by atoms with Crippen LogP contribution in [0, 0.1) is 5.92 Å². The van der Waals surface area contributed by atoms with Crippen molar-refractivity contribution in [1.29, 1.82) is 0 Å². The van der Waals surface area contributed by atoms with Gasteiger partial charge in [-0.1, -0.05) is 18.2 Å². The van der Waals surface area contributed by atoms with E-state index in [-0.39, 0.29) is 18.0 Å². The van der Waals surface area contributed by atoms with Crippen LogP contribution in [-0.4, -0.2) is 31.8 Å². The van der Waals surface area contributed by atoms with Crippen LogP contribution in [-0.2, 0) is 25.5 Å². The zero-order chi connectivity index (χ0) is 17.1. The first-order chi connectivity index (χ1) is 11.2. The van der Waals surface area contributed by atoms with E-state index in [4.69, 9.17) is 14.3 Å². The number of hydrogen-bond donors (Lipinski definition) is 0. The fraction of sp³-hybridized carbons (Fsp3) is 0.444. The fourth-order valence-electron chi connectivity index (χ4n) is 2.64. The van der Waals surface area contributed by atoms with Gasteiger partial charge in [0, 0.05) is 18.8 Å². The molecule has 0 atom stereocenters. The molecule has 0 bridgehead atoms. The third kappa shape index (κ3) is 6.09. The number of carbonyl (C=O) groups excluding carboxylic acids is 3. The third-order valence-electron chi connectivity index (χ3n) is 3.80. The van der Waals surface area contributed by atoms with Gasteiger partial charge in [-0.15, -0.1) is 6.58 Å². The minimum Gasteiger partial charge on any atom is -0.466 e. The lowest BCUT2D eigenvalue weighted by molar-refractivity contribution is -0.191. The lowest BCUT2D eigenvalue weighted by atomic mass is 9.96. The lowest BCUT2D eigenvalue weighted by Crippen LogP contribution is -2.36. The van der Waals surface area contributed by atoms with Gasteiger partial charge in [-0.2, -0.15) is 9.59 Å². The minimum atomic E-state index is -0.0338. The molecule has 124 valence electrons. The van der Waals surface area contributed by atoms with Crippen molar-refractivity contribution >= 4 is 17.8 Å². The molecule has 1 aromatic carbocycles. The molecule has 5 nitrogen and oxygen atoms in total. The molecule has 2 rings (SSSR count). The van der Waals surface area contributed by atoms with Gasteiger partial charge in [-0.3, -0.25) is 4.79 Å². The number of nitrogens with zero attached hydrogens (tertiary/aromatic N) is 1. The van der Waals surface area contributed by atoms with Gasteiger partial charge in [0.1, 0.15) is 0 Å². The van der Waals surface area contributed by atoms with Crippen LogP contribution in [0.1, 0.15) is 25.3 Å². The summed E-state index contributed by atoms with van der Waals surface area (Å²) in [5.74, 6) is 0.0414. The molecule has 5 heteroatoms. The van der Waals surface area contributed by atoms with Crippen molar-refractivity contribution in [1.82, 2.24) is 0 Å². The summed E-state index contributed by atoms with van der Waals surface area (Å²) in [6.07, 6.45) is 4.84. The van der Waals surface area contributed by atoms with Crippen molar-refractivity contribution in [3.8, 4) is 0 Å². The Bertz CT molecular complexity index is 524. The number of benzene rings is 1. The topological polar surface area (TPSA) is 63.7 Å². The van der Waals surface area contributed by atoms with Gasteiger partial charge in [0.15, 0.2) is 0 Å². The standard InChI is InChI=1S/C17H23NO2.CO2/c1-3-5-14-6-8-16(9-7-14)18-12-10-15(11-13-18)17(19)20-4-2;2-1-3/h3,6-9,15H,1,4-5,10-13H2,2H3;. The number of allylic oxidation sites excluding steroid dienone is 1. The van der Waals surface area contributed by atoms with E-state index in [1.165, 1.54) is 11.3 Å². The average Bonchev–Trinajstić information content (AvgIpc) is 2.57. The van der Waals surface area contributed by atoms with Crippen LogP contribution in [0.3, 0.4) is 0 Å². The lowest BCUT2D eigenvalue weighted by Gasteiger charge is -2.32. The fourth-order valence-corrected chi connectivity index (χ4v) is 2.64. The van der Waals surface area contributed by atoms with Gasteiger partial charge in [0.2, 0.25) is 0 Å². The van der Waals surface area contributed by atoms with Crippen molar-refractivity contribution in [2.24, 2.45) is 5.92 Å². The third-order valence-corrected chi connectivity index (χ3v) is 3.80. The molecule has 1 aliphatic heterocycles. The van der Waals surface area contributed by atoms with Crippen LogP contribution < -0.4 is 4.90 Å². The monoisotopic (exact) mass is 317 g/mol. The first kappa shape index (κ1) is 18.7. The highest BCUT2D eigenvalue weighted by Gasteiger charge is 2.25. The van der Waals surface area contributed by atoms with Gasteiger partial charge in [0.05, 0.1) is 12.5 Å². The second kappa shape index (κ2) is 10.4. The van der Waals surface area contributed by atoms with E-state index in [1.807, 2.05) is 13.0 Å². The molecule has 1 fully saturated rings. The molecule has 0 radical (unpaired) electrons. The summed E-state index contributed by atoms with van der Waals surface area (Å²) in [5.41, 5.74) is 2.52. The average molecular weight is 317 g/mol. The molecule has 1 heterocycles. The van der Waals surface area contributed by atoms with Crippen molar-refractivity contribution in [2.45, 2.75) is 26.2 Å². The second-order valence-corrected chi connectivity index (χ2v) is 5.26. The van der Waals surface area contributed by atoms with Crippen LogP contribution in [0.2, 0.25) is 0 Å². The molecule has 0 spiro atoms. The first-order valence-corrected chi connectivity index (χ1v) is 7.76. The van der Waals surface area contributed by atoms with Crippen molar-refractivity contribution in [3.63, 3.8) is 0 Å². The molecule has 1 saturated heterocycles. The molecule has 23 heavy (non-hydrogen) atoms. The van der Waals surface area contributed by atoms with Crippen molar-refractivity contribution in [2.75, 3.05) is 24.6 Å². The maximum Gasteiger partial charge on any atom is 0.373 e. The first-order valence-electron chi connectivity index (χ1n) is 7.76. The Hall–Kier alpha value is -2.39. The Balaban J connectivity index is 0.000000816. The smallest absolute Gasteiger partial charge is 0.373 e. The minimum absolute atomic E-state index is 0.0338. The largest absolute Gasteiger partial charge is 0.466 e. The Kier molecular flexibility index (Phi) is 8.40. The molecule has 0 aromatic heterocycles. The molecule has 0 saturated carbocycles. The summed E-state index contributed by atoms with van der Waals surface area (Å²) >= 11 is 0. The molecule has 0 aliphatic carbocycles. The van der Waals surface area contributed by atoms with Crippen LogP contribution in [0.5, 0.6) is 0 Å². The number of anilines is 1. The number of rotatable bonds is 5. The summed E-state index contributed by atoms with van der Waals surface area (Å²) < 4.78 is 5.10. The number of carbonyl (C=O) groups is 1. The Morgan fingerprint density at radius 1 is 1.30 bits per heavy atom. The molecule has 0 unspecified atom stereocenters. The summed E-state index contributed by atoms with van der Waals surface area (Å²) in [5, 5.41) is 0.